The van der Waals surface area contributed by atoms with Crippen LogP contribution in [-0.2, 0) is 29.7 Å². The van der Waals surface area contributed by atoms with Gasteiger partial charge in [-0.2, -0.15) is 39.5 Å². The van der Waals surface area contributed by atoms with Gasteiger partial charge in [0, 0.05) is 33.4 Å². The SMILES string of the molecule is Cc1cc(C(=O)/C=C(\c2cc(Cl)c(F)c(Cl)c2)C(F)(F)F)ccc1C(=O)N(C=O)C1CC(Br)=NO1.Cc1cc(C(=O)/C=C(\c2cc(Cl)c(F)c(Cl)c2)C(F)(F)F)ccc1C(=O)NC1CC(Br)=NO1.Cc1cc(C(=O)CC(O)(c2cc(Cl)c(F)c(Cl)c2)C(F)(F)F)ccc1C(=O)N(C=O)C1CC(Br)=NO1. The number of imide groups is 2. The van der Waals surface area contributed by atoms with E-state index in [1.165, 1.54) is 51.1 Å². The predicted octanol–water partition coefficient (Wildman–Crippen LogP) is 18.3. The van der Waals surface area contributed by atoms with Crippen molar-refractivity contribution in [3.8, 4) is 0 Å². The number of nitrogens with zero attached hydrogens (tertiary/aromatic N) is 5. The van der Waals surface area contributed by atoms with Gasteiger partial charge in [0.1, 0.15) is 13.9 Å². The first-order valence-electron chi connectivity index (χ1n) is 28.7. The number of hydrogen-bond donors (Lipinski definition) is 2. The van der Waals surface area contributed by atoms with Gasteiger partial charge in [0.15, 0.2) is 40.4 Å². The normalized spacial score (nSPS) is 16.5. The van der Waals surface area contributed by atoms with E-state index in [-0.39, 0.29) is 70.2 Å². The van der Waals surface area contributed by atoms with Crippen LogP contribution in [0.15, 0.2) is 119 Å². The Bertz CT molecular complexity index is 4590. The molecule has 0 saturated heterocycles. The summed E-state index contributed by atoms with van der Waals surface area (Å²) in [6, 6.07) is 14.7. The van der Waals surface area contributed by atoms with E-state index in [1.54, 1.807) is 0 Å². The number of oxime groups is 3. The largest absolute Gasteiger partial charge is 0.421 e. The fourth-order valence-electron chi connectivity index (χ4n) is 9.60. The maximum absolute atomic E-state index is 13.9. The monoisotopic (exact) mass is 1770 g/mol. The third-order valence-corrected chi connectivity index (χ3v) is 17.9. The van der Waals surface area contributed by atoms with Crippen LogP contribution < -0.4 is 5.32 Å². The third-order valence-electron chi connectivity index (χ3n) is 14.8. The molecule has 104 heavy (non-hydrogen) atoms. The van der Waals surface area contributed by atoms with E-state index in [0.717, 1.165) is 46.2 Å². The Morgan fingerprint density at radius 3 is 1.16 bits per heavy atom. The highest BCUT2D eigenvalue weighted by molar-refractivity contribution is 9.18. The zero-order valence-corrected chi connectivity index (χ0v) is 61.4. The van der Waals surface area contributed by atoms with E-state index in [9.17, 15) is 96.1 Å². The summed E-state index contributed by atoms with van der Waals surface area (Å²) >= 11 is 42.9. The second-order valence-electron chi connectivity index (χ2n) is 22.0. The summed E-state index contributed by atoms with van der Waals surface area (Å²) in [5.41, 5.74) is -8.13. The van der Waals surface area contributed by atoms with Crippen molar-refractivity contribution >= 4 is 190 Å². The van der Waals surface area contributed by atoms with Crippen LogP contribution >= 0.6 is 117 Å². The Labute approximate surface area is 633 Å². The van der Waals surface area contributed by atoms with E-state index >= 15 is 0 Å². The molecular weight excluding hydrogens is 1740 g/mol. The number of aliphatic hydroxyl groups is 1. The molecule has 39 heteroatoms. The van der Waals surface area contributed by atoms with Crippen LogP contribution in [0, 0.1) is 38.2 Å². The van der Waals surface area contributed by atoms with Crippen LogP contribution in [0.3, 0.4) is 0 Å². The molecule has 2 N–H and O–H groups in total. The molecule has 0 spiro atoms. The van der Waals surface area contributed by atoms with Crippen molar-refractivity contribution in [2.45, 2.75) is 89.3 Å². The number of ketones is 3. The molecule has 0 fully saturated rings. The zero-order valence-electron chi connectivity index (χ0n) is 52.1. The minimum atomic E-state index is -5.36. The van der Waals surface area contributed by atoms with Crippen molar-refractivity contribution in [2.24, 2.45) is 15.5 Å². The van der Waals surface area contributed by atoms with Crippen molar-refractivity contribution in [3.05, 3.63) is 217 Å². The van der Waals surface area contributed by atoms with Crippen LogP contribution in [0.4, 0.5) is 52.7 Å². The maximum Gasteiger partial charge on any atom is 0.421 e. The molecule has 9 rings (SSSR count). The number of benzene rings is 6. The van der Waals surface area contributed by atoms with Crippen molar-refractivity contribution in [1.29, 1.82) is 0 Å². The number of alkyl halides is 9. The Morgan fingerprint density at radius 1 is 0.510 bits per heavy atom. The van der Waals surface area contributed by atoms with Gasteiger partial charge in [-0.25, -0.2) is 23.0 Å². The van der Waals surface area contributed by atoms with Gasteiger partial charge >= 0.3 is 18.5 Å². The number of carbonyl (C=O) groups excluding carboxylic acids is 8. The fraction of sp³-hybridized carbons (Fsp3) is 0.215. The van der Waals surface area contributed by atoms with Crippen molar-refractivity contribution in [1.82, 2.24) is 15.1 Å². The number of hydrogen-bond acceptors (Lipinski definition) is 15. The summed E-state index contributed by atoms with van der Waals surface area (Å²) < 4.78 is 166. The number of Topliss-reactive ketones (excluding diaryl/α,β-unsaturated/α-hetero) is 1. The van der Waals surface area contributed by atoms with Crippen molar-refractivity contribution < 1.29 is 111 Å². The van der Waals surface area contributed by atoms with Gasteiger partial charge in [-0.05, 0) is 187 Å². The molecule has 6 aromatic carbocycles. The number of halogens is 21. The van der Waals surface area contributed by atoms with Gasteiger partial charge in [-0.15, -0.1) is 0 Å². The number of amides is 5. The summed E-state index contributed by atoms with van der Waals surface area (Å²) in [5.74, 6) is -8.54. The first-order valence-corrected chi connectivity index (χ1v) is 33.3. The lowest BCUT2D eigenvalue weighted by Gasteiger charge is -2.31. The van der Waals surface area contributed by atoms with Gasteiger partial charge in [0.2, 0.25) is 31.5 Å². The number of carbonyl (C=O) groups is 8. The highest BCUT2D eigenvalue weighted by Gasteiger charge is 2.56. The minimum absolute atomic E-state index is 0.0200. The fourth-order valence-corrected chi connectivity index (χ4v) is 12.2. The highest BCUT2D eigenvalue weighted by Crippen LogP contribution is 2.45. The predicted molar refractivity (Wildman–Crippen MR) is 368 cm³/mol. The molecule has 5 amide bonds. The van der Waals surface area contributed by atoms with E-state index < -0.39 is 160 Å². The van der Waals surface area contributed by atoms with Crippen LogP contribution in [0.25, 0.3) is 11.1 Å². The summed E-state index contributed by atoms with van der Waals surface area (Å²) in [7, 11) is 0. The molecule has 0 bridgehead atoms. The molecule has 4 atom stereocenters. The van der Waals surface area contributed by atoms with E-state index in [2.05, 4.69) is 68.6 Å². The zero-order chi connectivity index (χ0) is 77.6. The van der Waals surface area contributed by atoms with Gasteiger partial charge in [0.25, 0.3) is 17.7 Å². The Morgan fingerprint density at radius 2 is 0.846 bits per heavy atom. The molecule has 3 heterocycles. The van der Waals surface area contributed by atoms with E-state index in [0.29, 0.717) is 62.3 Å². The van der Waals surface area contributed by atoms with Crippen LogP contribution in [0.5, 0.6) is 0 Å². The minimum Gasteiger partial charge on any atom is -0.376 e. The summed E-state index contributed by atoms with van der Waals surface area (Å²) in [6.07, 6.45) is -17.6. The molecule has 4 unspecified atom stereocenters. The quantitative estimate of drug-likeness (QED) is 0.0268. The number of nitrogens with one attached hydrogen (secondary N) is 1. The smallest absolute Gasteiger partial charge is 0.376 e. The van der Waals surface area contributed by atoms with Crippen LogP contribution in [0.2, 0.25) is 30.1 Å². The third kappa shape index (κ3) is 20.0. The molecule has 0 aromatic heterocycles. The van der Waals surface area contributed by atoms with Gasteiger partial charge in [-0.1, -0.05) is 103 Å². The molecule has 18 nitrogen and oxygen atoms in total. The first-order chi connectivity index (χ1) is 48.4. The average Bonchev–Trinajstić information content (AvgIpc) is 0.833. The first kappa shape index (κ1) is 83.5. The molecule has 3 aliphatic rings. The molecule has 0 aliphatic carbocycles. The van der Waals surface area contributed by atoms with Crippen molar-refractivity contribution in [2.75, 3.05) is 0 Å². The van der Waals surface area contributed by atoms with Gasteiger partial charge in [0.05, 0.1) is 67.0 Å². The van der Waals surface area contributed by atoms with Gasteiger partial charge < -0.3 is 24.9 Å². The van der Waals surface area contributed by atoms with E-state index in [1.807, 2.05) is 0 Å². The lowest BCUT2D eigenvalue weighted by Crippen LogP contribution is -2.44. The van der Waals surface area contributed by atoms with Crippen molar-refractivity contribution in [3.63, 3.8) is 0 Å². The lowest BCUT2D eigenvalue weighted by molar-refractivity contribution is -0.264. The Balaban J connectivity index is 0.000000218. The van der Waals surface area contributed by atoms with Gasteiger partial charge in [-0.3, -0.25) is 38.4 Å². The topological polar surface area (TPSA) is 240 Å². The molecule has 0 radical (unpaired) electrons. The Hall–Kier alpha value is -7.73. The molecular formula is C65H41Br3Cl6F12N6O12. The summed E-state index contributed by atoms with van der Waals surface area (Å²) in [6.45, 7) is 4.38. The average molecular weight is 1780 g/mol. The second-order valence-corrected chi connectivity index (χ2v) is 27.2. The van der Waals surface area contributed by atoms with E-state index in [4.69, 9.17) is 84.1 Å². The summed E-state index contributed by atoms with van der Waals surface area (Å²) in [5, 5.41) is 19.9. The Kier molecular flexibility index (Phi) is 27.5. The highest BCUT2D eigenvalue weighted by atomic mass is 79.9. The lowest BCUT2D eigenvalue weighted by atomic mass is 9.85. The maximum atomic E-state index is 13.9. The summed E-state index contributed by atoms with van der Waals surface area (Å²) in [4.78, 5) is 116. The molecule has 550 valence electrons. The number of aryl methyl sites for hydroxylation is 3. The second kappa shape index (κ2) is 34.2. The van der Waals surface area contributed by atoms with Crippen LogP contribution in [-0.4, -0.2) is 114 Å². The molecule has 6 aromatic rings. The molecule has 3 aliphatic heterocycles. The number of rotatable bonds is 18. The standard InChI is InChI=1S/C22H15BrCl2F4N2O5.C22H13BrCl2F4N2O4.C21H13BrCl2F4N2O3/c1-10-4-11(2-3-13(10)20(34)31(9-32)18-7-17(23)30-36-18)16(33)8-21(35,22(27,28)29)12-5-14(24)19(26)15(25)6-12;1-10-4-11(2-3-13(10)21(34)31(9-32)19-8-18(23)30-35-19)17(33)7-14(22(27,28)29)12-5-15(24)20(26)16(25)6-12;1-9-4-10(2-3-12(9)20(32)29-18-8-17(22)30-33-18)16(31)7-13(21(26,27)28)11-5-14(23)19(25)15(24)6-11/h2-6,9,18,35H,7-8H2,1H3;2-7,9,19H,8H2,1H3;2-7,18H,8H2,1H3,(H,29,32)/b;14-7+;13-7+. The van der Waals surface area contributed by atoms with Crippen LogP contribution in [0.1, 0.15) is 121 Å². The number of allylic oxidation sites excluding steroid dienone is 4. The molecule has 0 saturated carbocycles.